The van der Waals surface area contributed by atoms with Crippen LogP contribution >= 0.6 is 22.9 Å². The molecule has 1 aliphatic heterocycles. The molecule has 2 aromatic heterocycles. The summed E-state index contributed by atoms with van der Waals surface area (Å²) in [5, 5.41) is 6.01. The summed E-state index contributed by atoms with van der Waals surface area (Å²) in [6.07, 6.45) is 9.21. The summed E-state index contributed by atoms with van der Waals surface area (Å²) in [5.74, 6) is 0.913. The molecule has 2 aliphatic rings. The fraction of sp³-hybridized carbons (Fsp3) is 0.647. The van der Waals surface area contributed by atoms with Crippen LogP contribution in [-0.2, 0) is 0 Å². The van der Waals surface area contributed by atoms with E-state index in [1.54, 1.807) is 11.3 Å². The number of piperidine rings is 1. The first kappa shape index (κ1) is 15.6. The number of nitrogens with one attached hydrogen (secondary N) is 1. The van der Waals surface area contributed by atoms with E-state index < -0.39 is 0 Å². The minimum Gasteiger partial charge on any atom is -0.366 e. The molecule has 0 amide bonds. The number of aromatic nitrogens is 2. The number of halogens is 1. The Morgan fingerprint density at radius 3 is 2.65 bits per heavy atom. The van der Waals surface area contributed by atoms with Gasteiger partial charge in [0.15, 0.2) is 0 Å². The molecule has 0 radical (unpaired) electrons. The quantitative estimate of drug-likeness (QED) is 0.824. The predicted octanol–water partition coefficient (Wildman–Crippen LogP) is 4.55. The summed E-state index contributed by atoms with van der Waals surface area (Å²) >= 11 is 7.74. The molecule has 0 unspecified atom stereocenters. The maximum Gasteiger partial charge on any atom is 0.224 e. The second-order valence-corrected chi connectivity index (χ2v) is 7.98. The number of likely N-dealkylation sites (tertiary alicyclic amines) is 1. The van der Waals surface area contributed by atoms with Gasteiger partial charge in [-0.1, -0.05) is 6.42 Å². The number of rotatable bonds is 3. The lowest BCUT2D eigenvalue weighted by molar-refractivity contribution is 0.127. The van der Waals surface area contributed by atoms with Crippen molar-refractivity contribution < 1.29 is 0 Å². The van der Waals surface area contributed by atoms with E-state index in [0.29, 0.717) is 11.3 Å². The van der Waals surface area contributed by atoms with Crippen LogP contribution < -0.4 is 5.32 Å². The van der Waals surface area contributed by atoms with Crippen LogP contribution in [0.25, 0.3) is 10.2 Å². The molecule has 0 atom stereocenters. The van der Waals surface area contributed by atoms with Gasteiger partial charge in [0.25, 0.3) is 0 Å². The number of thiophene rings is 1. The number of hydrogen-bond donors (Lipinski definition) is 1. The molecular formula is C17H23ClN4S. The van der Waals surface area contributed by atoms with Crippen molar-refractivity contribution in [3.05, 3.63) is 16.7 Å². The zero-order valence-electron chi connectivity index (χ0n) is 13.3. The molecule has 2 fully saturated rings. The van der Waals surface area contributed by atoms with E-state index in [-0.39, 0.29) is 0 Å². The molecule has 1 saturated heterocycles. The molecule has 4 rings (SSSR count). The van der Waals surface area contributed by atoms with E-state index in [2.05, 4.69) is 20.2 Å². The van der Waals surface area contributed by atoms with Crippen LogP contribution in [0.15, 0.2) is 11.4 Å². The Morgan fingerprint density at radius 1 is 1.09 bits per heavy atom. The van der Waals surface area contributed by atoms with E-state index in [1.807, 2.05) is 11.4 Å². The van der Waals surface area contributed by atoms with Gasteiger partial charge < -0.3 is 10.2 Å². The Kier molecular flexibility index (Phi) is 4.69. The van der Waals surface area contributed by atoms with Gasteiger partial charge >= 0.3 is 0 Å². The van der Waals surface area contributed by atoms with E-state index in [9.17, 15) is 0 Å². The maximum atomic E-state index is 6.06. The van der Waals surface area contributed by atoms with Crippen LogP contribution in [-0.4, -0.2) is 40.0 Å². The topological polar surface area (TPSA) is 41.1 Å². The lowest BCUT2D eigenvalue weighted by Gasteiger charge is -2.39. The van der Waals surface area contributed by atoms with Gasteiger partial charge in [-0.05, 0) is 74.7 Å². The standard InChI is InChI=1S/C17H23ClN4S/c18-17-20-14-8-11-23-15(14)16(21-17)19-12-4-6-13(7-5-12)22-9-2-1-3-10-22/h8,11-13H,1-7,9-10H2,(H,19,20,21). The summed E-state index contributed by atoms with van der Waals surface area (Å²) in [7, 11) is 0. The molecule has 3 heterocycles. The lowest BCUT2D eigenvalue weighted by atomic mass is 9.89. The molecule has 1 saturated carbocycles. The highest BCUT2D eigenvalue weighted by molar-refractivity contribution is 7.17. The Bertz CT molecular complexity index is 660. The summed E-state index contributed by atoms with van der Waals surface area (Å²) in [6, 6.07) is 3.31. The normalized spacial score (nSPS) is 26.5. The predicted molar refractivity (Wildman–Crippen MR) is 97.5 cm³/mol. The molecule has 124 valence electrons. The van der Waals surface area contributed by atoms with Gasteiger partial charge in [0.1, 0.15) is 5.82 Å². The lowest BCUT2D eigenvalue weighted by Crippen LogP contribution is -2.43. The van der Waals surface area contributed by atoms with Crippen LogP contribution in [0.4, 0.5) is 5.82 Å². The van der Waals surface area contributed by atoms with Gasteiger partial charge in [0.2, 0.25) is 5.28 Å². The Labute approximate surface area is 146 Å². The van der Waals surface area contributed by atoms with Crippen LogP contribution in [0.2, 0.25) is 5.28 Å². The van der Waals surface area contributed by atoms with Crippen molar-refractivity contribution in [2.45, 2.75) is 57.0 Å². The number of nitrogens with zero attached hydrogens (tertiary/aromatic N) is 3. The second-order valence-electron chi connectivity index (χ2n) is 6.72. The van der Waals surface area contributed by atoms with E-state index in [0.717, 1.165) is 22.1 Å². The molecule has 0 spiro atoms. The smallest absolute Gasteiger partial charge is 0.224 e. The van der Waals surface area contributed by atoms with E-state index in [1.165, 1.54) is 58.0 Å². The summed E-state index contributed by atoms with van der Waals surface area (Å²) in [5.41, 5.74) is 0.944. The summed E-state index contributed by atoms with van der Waals surface area (Å²) in [4.78, 5) is 11.4. The third kappa shape index (κ3) is 3.47. The van der Waals surface area contributed by atoms with Crippen LogP contribution in [0.3, 0.4) is 0 Å². The first-order valence-electron chi connectivity index (χ1n) is 8.71. The monoisotopic (exact) mass is 350 g/mol. The average Bonchev–Trinajstić information content (AvgIpc) is 3.05. The second kappa shape index (κ2) is 6.91. The van der Waals surface area contributed by atoms with Crippen LogP contribution in [0.1, 0.15) is 44.9 Å². The van der Waals surface area contributed by atoms with E-state index in [4.69, 9.17) is 11.6 Å². The van der Waals surface area contributed by atoms with Gasteiger partial charge in [0, 0.05) is 12.1 Å². The molecule has 1 N–H and O–H groups in total. The average molecular weight is 351 g/mol. The fourth-order valence-corrected chi connectivity index (χ4v) is 4.95. The van der Waals surface area contributed by atoms with Gasteiger partial charge in [-0.15, -0.1) is 11.3 Å². The number of fused-ring (bicyclic) bond motifs is 1. The van der Waals surface area contributed by atoms with Gasteiger partial charge in [-0.2, -0.15) is 4.98 Å². The van der Waals surface area contributed by atoms with Crippen molar-refractivity contribution in [3.63, 3.8) is 0 Å². The van der Waals surface area contributed by atoms with Crippen molar-refractivity contribution in [1.29, 1.82) is 0 Å². The molecule has 0 bridgehead atoms. The third-order valence-corrected chi connectivity index (χ3v) is 6.30. The van der Waals surface area contributed by atoms with Crippen LogP contribution in [0, 0.1) is 0 Å². The molecule has 6 heteroatoms. The summed E-state index contributed by atoms with van der Waals surface area (Å²) in [6.45, 7) is 2.61. The minimum absolute atomic E-state index is 0.334. The first-order chi connectivity index (χ1) is 11.3. The van der Waals surface area contributed by atoms with Crippen molar-refractivity contribution in [1.82, 2.24) is 14.9 Å². The van der Waals surface area contributed by atoms with Crippen molar-refractivity contribution in [3.8, 4) is 0 Å². The van der Waals surface area contributed by atoms with Gasteiger partial charge in [0.05, 0.1) is 10.2 Å². The van der Waals surface area contributed by atoms with E-state index >= 15 is 0 Å². The SMILES string of the molecule is Clc1nc(NC2CCC(N3CCCCC3)CC2)c2sccc2n1. The minimum atomic E-state index is 0.334. The fourth-order valence-electron chi connectivity index (χ4n) is 4.00. The van der Waals surface area contributed by atoms with Gasteiger partial charge in [-0.3, -0.25) is 0 Å². The number of hydrogen-bond acceptors (Lipinski definition) is 5. The Morgan fingerprint density at radius 2 is 1.87 bits per heavy atom. The molecule has 23 heavy (non-hydrogen) atoms. The third-order valence-electron chi connectivity index (χ3n) is 5.22. The molecular weight excluding hydrogens is 328 g/mol. The Balaban J connectivity index is 1.39. The van der Waals surface area contributed by atoms with Crippen LogP contribution in [0.5, 0.6) is 0 Å². The first-order valence-corrected chi connectivity index (χ1v) is 9.97. The molecule has 0 aromatic carbocycles. The van der Waals surface area contributed by atoms with Crippen molar-refractivity contribution in [2.75, 3.05) is 18.4 Å². The van der Waals surface area contributed by atoms with Crippen molar-refractivity contribution >= 4 is 39.0 Å². The molecule has 4 nitrogen and oxygen atoms in total. The van der Waals surface area contributed by atoms with Crippen molar-refractivity contribution in [2.24, 2.45) is 0 Å². The van der Waals surface area contributed by atoms with Gasteiger partial charge in [-0.25, -0.2) is 4.98 Å². The highest BCUT2D eigenvalue weighted by atomic mass is 35.5. The largest absolute Gasteiger partial charge is 0.366 e. The summed E-state index contributed by atoms with van der Waals surface area (Å²) < 4.78 is 1.12. The zero-order valence-corrected chi connectivity index (χ0v) is 14.9. The highest BCUT2D eigenvalue weighted by Crippen LogP contribution is 2.31. The molecule has 1 aliphatic carbocycles. The highest BCUT2D eigenvalue weighted by Gasteiger charge is 2.27. The maximum absolute atomic E-state index is 6.06. The zero-order chi connectivity index (χ0) is 15.6. The Hall–Kier alpha value is -0.910. The number of anilines is 1. The molecule has 2 aromatic rings.